The standard InChI is InChI=1S/C21H24BN3O2/c1-22-20-6-5-19(13-17(20)15-26-22)27-21-7-4-18(23-2)12-16(21)14-25-10-8-24(3)9-11-25/h4-7,12-13H,8-11,14-15H2,1,3H3. The van der Waals surface area contributed by atoms with Crippen molar-refractivity contribution in [3.63, 3.8) is 0 Å². The molecule has 0 unspecified atom stereocenters. The Hall–Kier alpha value is -2.33. The smallest absolute Gasteiger partial charge is 0.324 e. The minimum Gasteiger partial charge on any atom is -0.457 e. The van der Waals surface area contributed by atoms with E-state index >= 15 is 0 Å². The van der Waals surface area contributed by atoms with Crippen molar-refractivity contribution in [2.75, 3.05) is 33.2 Å². The normalized spacial score (nSPS) is 17.6. The van der Waals surface area contributed by atoms with Crippen molar-refractivity contribution in [1.82, 2.24) is 9.80 Å². The zero-order valence-electron chi connectivity index (χ0n) is 15.9. The van der Waals surface area contributed by atoms with Gasteiger partial charge in [0.15, 0.2) is 5.69 Å². The molecule has 0 aromatic heterocycles. The lowest BCUT2D eigenvalue weighted by Gasteiger charge is -2.32. The van der Waals surface area contributed by atoms with Gasteiger partial charge in [-0.1, -0.05) is 19.0 Å². The van der Waals surface area contributed by atoms with E-state index in [2.05, 4.69) is 40.6 Å². The summed E-state index contributed by atoms with van der Waals surface area (Å²) in [4.78, 5) is 8.36. The number of piperazine rings is 1. The summed E-state index contributed by atoms with van der Waals surface area (Å²) in [7, 11) is 2.16. The van der Waals surface area contributed by atoms with Crippen LogP contribution in [0.25, 0.3) is 4.85 Å². The zero-order valence-corrected chi connectivity index (χ0v) is 15.9. The molecule has 6 heteroatoms. The van der Waals surface area contributed by atoms with Crippen LogP contribution in [0, 0.1) is 6.57 Å². The highest BCUT2D eigenvalue weighted by molar-refractivity contribution is 6.67. The summed E-state index contributed by atoms with van der Waals surface area (Å²) in [6.07, 6.45) is 0. The predicted octanol–water partition coefficient (Wildman–Crippen LogP) is 3.14. The number of hydrogen-bond acceptors (Lipinski definition) is 4. The van der Waals surface area contributed by atoms with Gasteiger partial charge in [0.05, 0.1) is 13.2 Å². The van der Waals surface area contributed by atoms with Gasteiger partial charge < -0.3 is 14.3 Å². The Morgan fingerprint density at radius 3 is 2.74 bits per heavy atom. The topological polar surface area (TPSA) is 29.3 Å². The van der Waals surface area contributed by atoms with Crippen molar-refractivity contribution in [2.45, 2.75) is 20.0 Å². The van der Waals surface area contributed by atoms with Crippen molar-refractivity contribution >= 4 is 18.1 Å². The minimum atomic E-state index is 0.153. The van der Waals surface area contributed by atoms with Crippen LogP contribution in [0.15, 0.2) is 36.4 Å². The molecule has 0 spiro atoms. The third-order valence-corrected chi connectivity index (χ3v) is 5.43. The molecule has 1 saturated heterocycles. The first-order valence-electron chi connectivity index (χ1n) is 9.46. The maximum Gasteiger partial charge on any atom is 0.324 e. The Balaban J connectivity index is 1.56. The third-order valence-electron chi connectivity index (χ3n) is 5.43. The van der Waals surface area contributed by atoms with Gasteiger partial charge in [0.1, 0.15) is 11.5 Å². The molecule has 5 nitrogen and oxygen atoms in total. The Morgan fingerprint density at radius 2 is 1.96 bits per heavy atom. The second-order valence-corrected chi connectivity index (χ2v) is 7.40. The van der Waals surface area contributed by atoms with Gasteiger partial charge in [0.2, 0.25) is 0 Å². The van der Waals surface area contributed by atoms with E-state index in [1.165, 1.54) is 11.0 Å². The molecular weight excluding hydrogens is 337 g/mol. The van der Waals surface area contributed by atoms with E-state index in [0.717, 1.165) is 49.8 Å². The monoisotopic (exact) mass is 361 g/mol. The summed E-state index contributed by atoms with van der Waals surface area (Å²) < 4.78 is 11.9. The highest BCUT2D eigenvalue weighted by Crippen LogP contribution is 2.31. The molecule has 0 aliphatic carbocycles. The number of rotatable bonds is 4. The number of benzene rings is 2. The van der Waals surface area contributed by atoms with Crippen LogP contribution in [-0.2, 0) is 17.8 Å². The first-order chi connectivity index (χ1) is 13.1. The minimum absolute atomic E-state index is 0.153. The third kappa shape index (κ3) is 4.01. The molecule has 0 radical (unpaired) electrons. The predicted molar refractivity (Wildman–Crippen MR) is 108 cm³/mol. The summed E-state index contributed by atoms with van der Waals surface area (Å²) in [5.41, 5.74) is 4.16. The molecule has 138 valence electrons. The Kier molecular flexibility index (Phi) is 5.17. The van der Waals surface area contributed by atoms with Crippen LogP contribution in [-0.4, -0.2) is 49.9 Å². The Bertz CT molecular complexity index is 872. The maximum absolute atomic E-state index is 7.33. The largest absolute Gasteiger partial charge is 0.457 e. The summed E-state index contributed by atoms with van der Waals surface area (Å²) in [5, 5.41) is 0. The molecule has 1 fully saturated rings. The van der Waals surface area contributed by atoms with Crippen molar-refractivity contribution in [3.05, 3.63) is 58.9 Å². The average Bonchev–Trinajstić information content (AvgIpc) is 3.05. The summed E-state index contributed by atoms with van der Waals surface area (Å²) >= 11 is 0. The summed E-state index contributed by atoms with van der Waals surface area (Å²) in [5.74, 6) is 1.65. The van der Waals surface area contributed by atoms with Gasteiger partial charge in [-0.25, -0.2) is 4.85 Å². The first kappa shape index (κ1) is 18.1. The van der Waals surface area contributed by atoms with Crippen LogP contribution in [0.1, 0.15) is 11.1 Å². The quantitative estimate of drug-likeness (QED) is 0.618. The van der Waals surface area contributed by atoms with Gasteiger partial charge in [-0.2, -0.15) is 0 Å². The van der Waals surface area contributed by atoms with Crippen molar-refractivity contribution in [3.8, 4) is 11.5 Å². The van der Waals surface area contributed by atoms with E-state index in [1.807, 2.05) is 24.3 Å². The van der Waals surface area contributed by atoms with E-state index in [0.29, 0.717) is 12.3 Å². The number of hydrogen-bond donors (Lipinski definition) is 0. The number of ether oxygens (including phenoxy) is 1. The number of fused-ring (bicyclic) bond motifs is 1. The molecule has 0 bridgehead atoms. The maximum atomic E-state index is 7.33. The second kappa shape index (κ2) is 7.73. The highest BCUT2D eigenvalue weighted by Gasteiger charge is 2.23. The van der Waals surface area contributed by atoms with Crippen LogP contribution >= 0.6 is 0 Å². The van der Waals surface area contributed by atoms with Gasteiger partial charge in [-0.3, -0.25) is 4.90 Å². The lowest BCUT2D eigenvalue weighted by molar-refractivity contribution is 0.147. The average molecular weight is 361 g/mol. The molecular formula is C21H24BN3O2. The van der Waals surface area contributed by atoms with E-state index in [-0.39, 0.29) is 6.92 Å². The fraction of sp³-hybridized carbons (Fsp3) is 0.381. The van der Waals surface area contributed by atoms with Crippen molar-refractivity contribution in [2.24, 2.45) is 0 Å². The second-order valence-electron chi connectivity index (χ2n) is 7.40. The molecule has 4 rings (SSSR count). The number of likely N-dealkylation sites (N-methyl/N-ethyl adjacent to an activating group) is 1. The van der Waals surface area contributed by atoms with Crippen LogP contribution in [0.2, 0.25) is 6.82 Å². The summed E-state index contributed by atoms with van der Waals surface area (Å²) in [6, 6.07) is 11.9. The van der Waals surface area contributed by atoms with Gasteiger partial charge in [0, 0.05) is 32.7 Å². The van der Waals surface area contributed by atoms with Gasteiger partial charge in [0.25, 0.3) is 0 Å². The number of nitrogens with zero attached hydrogens (tertiary/aromatic N) is 3. The van der Waals surface area contributed by atoms with Crippen molar-refractivity contribution < 1.29 is 9.39 Å². The van der Waals surface area contributed by atoms with Crippen LogP contribution in [0.5, 0.6) is 11.5 Å². The van der Waals surface area contributed by atoms with Crippen LogP contribution in [0.4, 0.5) is 5.69 Å². The highest BCUT2D eigenvalue weighted by atomic mass is 16.5. The first-order valence-corrected chi connectivity index (χ1v) is 9.46. The fourth-order valence-electron chi connectivity index (χ4n) is 3.70. The Labute approximate surface area is 161 Å². The molecule has 2 aliphatic rings. The Morgan fingerprint density at radius 1 is 1.15 bits per heavy atom. The lowest BCUT2D eigenvalue weighted by atomic mass is 9.64. The molecule has 0 N–H and O–H groups in total. The van der Waals surface area contributed by atoms with Gasteiger partial charge in [-0.15, -0.1) is 0 Å². The molecule has 2 aromatic rings. The van der Waals surface area contributed by atoms with Crippen LogP contribution < -0.4 is 10.2 Å². The van der Waals surface area contributed by atoms with Gasteiger partial charge >= 0.3 is 6.92 Å². The zero-order chi connectivity index (χ0) is 18.8. The van der Waals surface area contributed by atoms with Crippen molar-refractivity contribution in [1.29, 1.82) is 0 Å². The molecule has 27 heavy (non-hydrogen) atoms. The van der Waals surface area contributed by atoms with E-state index in [9.17, 15) is 0 Å². The molecule has 2 heterocycles. The molecule has 0 saturated carbocycles. The molecule has 0 atom stereocenters. The molecule has 2 aromatic carbocycles. The fourth-order valence-corrected chi connectivity index (χ4v) is 3.70. The van der Waals surface area contributed by atoms with E-state index in [4.69, 9.17) is 16.0 Å². The van der Waals surface area contributed by atoms with Gasteiger partial charge in [-0.05, 0) is 47.9 Å². The van der Waals surface area contributed by atoms with E-state index < -0.39 is 0 Å². The molecule has 0 amide bonds. The van der Waals surface area contributed by atoms with E-state index in [1.54, 1.807) is 0 Å². The van der Waals surface area contributed by atoms with Crippen LogP contribution in [0.3, 0.4) is 0 Å². The SMILES string of the molecule is [C-]#[N+]c1ccc(Oc2ccc3c(c2)COB3C)c(CN2CCN(C)CC2)c1. The molecule has 2 aliphatic heterocycles. The summed E-state index contributed by atoms with van der Waals surface area (Å²) in [6.45, 7) is 15.2. The lowest BCUT2D eigenvalue weighted by Crippen LogP contribution is -2.43.